The maximum absolute atomic E-state index is 10.3. The van der Waals surface area contributed by atoms with Gasteiger partial charge >= 0.3 is 5.97 Å². The first-order valence-electron chi connectivity index (χ1n) is 3.18. The van der Waals surface area contributed by atoms with Crippen LogP contribution in [0.3, 0.4) is 0 Å². The smallest absolute Gasteiger partial charge is 0.320 e. The Morgan fingerprint density at radius 1 is 1.78 bits per heavy atom. The average molecular weight is 129 g/mol. The van der Waals surface area contributed by atoms with E-state index in [0.717, 1.165) is 13.0 Å². The molecule has 0 spiro atoms. The summed E-state index contributed by atoms with van der Waals surface area (Å²) < 4.78 is 0. The van der Waals surface area contributed by atoms with Crippen LogP contribution in [-0.4, -0.2) is 23.7 Å². The Kier molecular flexibility index (Phi) is 1.71. The molecule has 0 amide bonds. The van der Waals surface area contributed by atoms with Crippen LogP contribution in [0.5, 0.6) is 0 Å². The zero-order chi connectivity index (χ0) is 6.85. The van der Waals surface area contributed by atoms with Crippen LogP contribution in [0.15, 0.2) is 0 Å². The van der Waals surface area contributed by atoms with Crippen molar-refractivity contribution in [1.29, 1.82) is 0 Å². The van der Waals surface area contributed by atoms with Gasteiger partial charge in [0, 0.05) is 0 Å². The topological polar surface area (TPSA) is 49.3 Å². The molecule has 2 N–H and O–H groups in total. The lowest BCUT2D eigenvalue weighted by Gasteiger charge is -2.07. The Morgan fingerprint density at radius 3 is 2.67 bits per heavy atom. The standard InChI is InChI=1S/C6H11NO2/c1-4-2-3-7-5(4)6(8)9/h4-5,7H,2-3H2,1H3,(H,8,9)/t4-,5?/m0/s1. The first-order chi connectivity index (χ1) is 4.22. The zero-order valence-corrected chi connectivity index (χ0v) is 5.42. The molecule has 3 nitrogen and oxygen atoms in total. The highest BCUT2D eigenvalue weighted by Crippen LogP contribution is 2.13. The number of carboxylic acids is 1. The van der Waals surface area contributed by atoms with E-state index in [1.54, 1.807) is 0 Å². The number of nitrogens with one attached hydrogen (secondary N) is 1. The van der Waals surface area contributed by atoms with Gasteiger partial charge in [-0.15, -0.1) is 0 Å². The summed E-state index contributed by atoms with van der Waals surface area (Å²) >= 11 is 0. The molecule has 0 bridgehead atoms. The van der Waals surface area contributed by atoms with Crippen LogP contribution in [0.25, 0.3) is 0 Å². The predicted octanol–water partition coefficient (Wildman–Crippen LogP) is 0.0690. The largest absolute Gasteiger partial charge is 0.480 e. The molecule has 9 heavy (non-hydrogen) atoms. The first-order valence-corrected chi connectivity index (χ1v) is 3.18. The second-order valence-electron chi connectivity index (χ2n) is 2.54. The van der Waals surface area contributed by atoms with Gasteiger partial charge in [-0.05, 0) is 18.9 Å². The maximum Gasteiger partial charge on any atom is 0.320 e. The van der Waals surface area contributed by atoms with E-state index in [1.807, 2.05) is 6.92 Å². The summed E-state index contributed by atoms with van der Waals surface area (Å²) in [4.78, 5) is 10.3. The lowest BCUT2D eigenvalue weighted by Crippen LogP contribution is -2.34. The molecule has 1 rings (SSSR count). The van der Waals surface area contributed by atoms with Crippen LogP contribution in [-0.2, 0) is 4.79 Å². The van der Waals surface area contributed by atoms with Gasteiger partial charge in [0.05, 0.1) is 0 Å². The van der Waals surface area contributed by atoms with Gasteiger partial charge in [-0.25, -0.2) is 0 Å². The van der Waals surface area contributed by atoms with Crippen LogP contribution in [0.4, 0.5) is 0 Å². The van der Waals surface area contributed by atoms with E-state index in [9.17, 15) is 4.79 Å². The Hall–Kier alpha value is -0.570. The first kappa shape index (κ1) is 6.55. The second kappa shape index (κ2) is 2.35. The molecule has 1 aliphatic rings. The Bertz CT molecular complexity index is 124. The predicted molar refractivity (Wildman–Crippen MR) is 33.2 cm³/mol. The molecule has 1 unspecified atom stereocenters. The highest BCUT2D eigenvalue weighted by molar-refractivity contribution is 5.74. The van der Waals surface area contributed by atoms with E-state index in [2.05, 4.69) is 5.32 Å². The molecule has 1 aliphatic heterocycles. The van der Waals surface area contributed by atoms with Gasteiger partial charge in [0.2, 0.25) is 0 Å². The normalized spacial score (nSPS) is 34.8. The van der Waals surface area contributed by atoms with Crippen LogP contribution in [0.1, 0.15) is 13.3 Å². The van der Waals surface area contributed by atoms with E-state index >= 15 is 0 Å². The number of carboxylic acid groups (broad SMARTS) is 1. The van der Waals surface area contributed by atoms with Crippen LogP contribution in [0, 0.1) is 5.92 Å². The molecule has 52 valence electrons. The highest BCUT2D eigenvalue weighted by atomic mass is 16.4. The van der Waals surface area contributed by atoms with Crippen molar-refractivity contribution >= 4 is 5.97 Å². The third kappa shape index (κ3) is 1.21. The fraction of sp³-hybridized carbons (Fsp3) is 0.833. The van der Waals surface area contributed by atoms with Crippen molar-refractivity contribution in [2.24, 2.45) is 5.92 Å². The molecule has 0 saturated carbocycles. The third-order valence-electron chi connectivity index (χ3n) is 1.80. The van der Waals surface area contributed by atoms with Gasteiger partial charge in [-0.3, -0.25) is 4.79 Å². The fourth-order valence-electron chi connectivity index (χ4n) is 1.17. The van der Waals surface area contributed by atoms with Crippen molar-refractivity contribution in [3.8, 4) is 0 Å². The monoisotopic (exact) mass is 129 g/mol. The molecular weight excluding hydrogens is 118 g/mol. The van der Waals surface area contributed by atoms with Crippen LogP contribution < -0.4 is 5.32 Å². The SMILES string of the molecule is C[C@H]1CCNC1C(=O)O. The molecule has 3 heteroatoms. The van der Waals surface area contributed by atoms with Gasteiger partial charge in [0.25, 0.3) is 0 Å². The molecule has 0 radical (unpaired) electrons. The third-order valence-corrected chi connectivity index (χ3v) is 1.80. The summed E-state index contributed by atoms with van der Waals surface area (Å²) in [7, 11) is 0. The van der Waals surface area contributed by atoms with Gasteiger partial charge in [0.1, 0.15) is 6.04 Å². The minimum absolute atomic E-state index is 0.294. The summed E-state index contributed by atoms with van der Waals surface area (Å²) in [6.45, 7) is 2.80. The summed E-state index contributed by atoms with van der Waals surface area (Å²) in [5, 5.41) is 11.4. The molecule has 0 aliphatic carbocycles. The minimum atomic E-state index is -0.722. The van der Waals surface area contributed by atoms with Crippen molar-refractivity contribution in [2.45, 2.75) is 19.4 Å². The molecular formula is C6H11NO2. The van der Waals surface area contributed by atoms with E-state index in [-0.39, 0.29) is 6.04 Å². The summed E-state index contributed by atoms with van der Waals surface area (Å²) in [5.41, 5.74) is 0. The molecule has 0 aromatic carbocycles. The van der Waals surface area contributed by atoms with Gasteiger partial charge in [-0.2, -0.15) is 0 Å². The Labute approximate surface area is 54.1 Å². The van der Waals surface area contributed by atoms with E-state index in [0.29, 0.717) is 5.92 Å². The lowest BCUT2D eigenvalue weighted by atomic mass is 10.0. The van der Waals surface area contributed by atoms with Gasteiger partial charge < -0.3 is 10.4 Å². The minimum Gasteiger partial charge on any atom is -0.480 e. The van der Waals surface area contributed by atoms with Crippen LogP contribution >= 0.6 is 0 Å². The average Bonchev–Trinajstić information content (AvgIpc) is 2.13. The molecule has 1 fully saturated rings. The second-order valence-corrected chi connectivity index (χ2v) is 2.54. The van der Waals surface area contributed by atoms with E-state index in [1.165, 1.54) is 0 Å². The fourth-order valence-corrected chi connectivity index (χ4v) is 1.17. The van der Waals surface area contributed by atoms with Crippen molar-refractivity contribution in [3.63, 3.8) is 0 Å². The van der Waals surface area contributed by atoms with E-state index in [4.69, 9.17) is 5.11 Å². The number of hydrogen-bond donors (Lipinski definition) is 2. The van der Waals surface area contributed by atoms with Crippen molar-refractivity contribution < 1.29 is 9.90 Å². The Morgan fingerprint density at radius 2 is 2.44 bits per heavy atom. The Balaban J connectivity index is 2.49. The molecule has 0 aromatic rings. The summed E-state index contributed by atoms with van der Waals surface area (Å²) in [6.07, 6.45) is 0.983. The van der Waals surface area contributed by atoms with Crippen molar-refractivity contribution in [3.05, 3.63) is 0 Å². The number of aliphatic carboxylic acids is 1. The maximum atomic E-state index is 10.3. The highest BCUT2D eigenvalue weighted by Gasteiger charge is 2.28. The zero-order valence-electron chi connectivity index (χ0n) is 5.42. The molecule has 2 atom stereocenters. The number of carbonyl (C=O) groups is 1. The van der Waals surface area contributed by atoms with Crippen LogP contribution in [0.2, 0.25) is 0 Å². The van der Waals surface area contributed by atoms with Gasteiger partial charge in [0.15, 0.2) is 0 Å². The van der Waals surface area contributed by atoms with E-state index < -0.39 is 5.97 Å². The number of rotatable bonds is 1. The molecule has 1 heterocycles. The van der Waals surface area contributed by atoms with Crippen molar-refractivity contribution in [2.75, 3.05) is 6.54 Å². The summed E-state index contributed by atoms with van der Waals surface area (Å²) in [6, 6.07) is -0.301. The quantitative estimate of drug-likeness (QED) is 0.526. The van der Waals surface area contributed by atoms with Crippen molar-refractivity contribution in [1.82, 2.24) is 5.32 Å². The summed E-state index contributed by atoms with van der Waals surface area (Å²) in [5.74, 6) is -0.428. The lowest BCUT2D eigenvalue weighted by molar-refractivity contribution is -0.139. The van der Waals surface area contributed by atoms with Gasteiger partial charge in [-0.1, -0.05) is 6.92 Å². The molecule has 1 saturated heterocycles. The number of hydrogen-bond acceptors (Lipinski definition) is 2. The molecule has 0 aromatic heterocycles.